The summed E-state index contributed by atoms with van der Waals surface area (Å²) in [7, 11) is 2.02. The quantitative estimate of drug-likeness (QED) is 0.764. The molecule has 2 heterocycles. The van der Waals surface area contributed by atoms with Crippen LogP contribution in [-0.2, 0) is 0 Å². The summed E-state index contributed by atoms with van der Waals surface area (Å²) >= 11 is 0. The molecule has 2 rings (SSSR count). The van der Waals surface area contributed by atoms with Gasteiger partial charge in [-0.25, -0.2) is 9.97 Å². The van der Waals surface area contributed by atoms with Crippen LogP contribution in [0.5, 0.6) is 0 Å². The lowest BCUT2D eigenvalue weighted by molar-refractivity contribution is 0.409. The highest BCUT2D eigenvalue weighted by atomic mass is 15.2. The topological polar surface area (TPSA) is 44.3 Å². The van der Waals surface area contributed by atoms with E-state index in [-0.39, 0.29) is 5.41 Å². The average Bonchev–Trinajstić information content (AvgIpc) is 2.60. The second-order valence-electron chi connectivity index (χ2n) is 7.75. The molecule has 5 heteroatoms. The van der Waals surface area contributed by atoms with E-state index in [2.05, 4.69) is 70.5 Å². The Balaban J connectivity index is 1.97. The molecule has 0 unspecified atom stereocenters. The fourth-order valence-electron chi connectivity index (χ4n) is 2.47. The molecule has 1 aromatic rings. The molecule has 1 aliphatic rings. The van der Waals surface area contributed by atoms with Gasteiger partial charge >= 0.3 is 0 Å². The third-order valence-corrected chi connectivity index (χ3v) is 3.91. The third-order valence-electron chi connectivity index (χ3n) is 3.91. The molecule has 0 fully saturated rings. The van der Waals surface area contributed by atoms with Crippen LogP contribution in [0.25, 0.3) is 5.70 Å². The smallest absolute Gasteiger partial charge is 0.223 e. The van der Waals surface area contributed by atoms with Gasteiger partial charge in [0.1, 0.15) is 0 Å². The van der Waals surface area contributed by atoms with Gasteiger partial charge in [-0.1, -0.05) is 39.3 Å². The van der Waals surface area contributed by atoms with E-state index in [0.717, 1.165) is 31.0 Å². The molecule has 138 valence electrons. The number of nitrogens with zero attached hydrogens (tertiary/aromatic N) is 4. The Bertz CT molecular complexity index is 734. The highest BCUT2D eigenvalue weighted by Gasteiger charge is 2.14. The number of nitrogens with one attached hydrogen (secondary N) is 1. The zero-order chi connectivity index (χ0) is 19.2. The Labute approximate surface area is 157 Å². The summed E-state index contributed by atoms with van der Waals surface area (Å²) in [6.45, 7) is 13.8. The van der Waals surface area contributed by atoms with Crippen LogP contribution in [0.15, 0.2) is 42.8 Å². The number of terminal acetylenes is 1. The lowest BCUT2D eigenvalue weighted by atomic mass is 9.97. The molecule has 0 aliphatic carbocycles. The number of hydrogen-bond donors (Lipinski definition) is 1. The fourth-order valence-corrected chi connectivity index (χ4v) is 2.47. The summed E-state index contributed by atoms with van der Waals surface area (Å²) in [4.78, 5) is 13.1. The van der Waals surface area contributed by atoms with Crippen molar-refractivity contribution in [3.8, 4) is 12.3 Å². The maximum absolute atomic E-state index is 5.35. The fraction of sp³-hybridized carbons (Fsp3) is 0.429. The van der Waals surface area contributed by atoms with Gasteiger partial charge in [0.05, 0.1) is 17.9 Å². The molecular formula is C21H29N5. The maximum Gasteiger partial charge on any atom is 0.223 e. The molecule has 1 aliphatic heterocycles. The third kappa shape index (κ3) is 6.05. The Hall–Kier alpha value is -2.58. The van der Waals surface area contributed by atoms with Crippen LogP contribution in [-0.4, -0.2) is 53.0 Å². The number of anilines is 1. The average molecular weight is 351 g/mol. The molecular weight excluding hydrogens is 322 g/mol. The lowest BCUT2D eigenvalue weighted by Crippen LogP contribution is -2.24. The molecule has 1 aromatic heterocycles. The van der Waals surface area contributed by atoms with Crippen LogP contribution < -0.4 is 5.32 Å². The van der Waals surface area contributed by atoms with Crippen LogP contribution in [0, 0.1) is 17.8 Å². The molecule has 0 aromatic carbocycles. The Morgan fingerprint density at radius 1 is 1.46 bits per heavy atom. The van der Waals surface area contributed by atoms with Crippen molar-refractivity contribution in [2.75, 3.05) is 38.5 Å². The van der Waals surface area contributed by atoms with Gasteiger partial charge in [-0.3, -0.25) is 4.90 Å². The Morgan fingerprint density at radius 3 is 2.85 bits per heavy atom. The minimum Gasteiger partial charge on any atom is -0.354 e. The van der Waals surface area contributed by atoms with Crippen LogP contribution in [0.3, 0.4) is 0 Å². The molecule has 0 spiro atoms. The van der Waals surface area contributed by atoms with Crippen LogP contribution >= 0.6 is 0 Å². The zero-order valence-electron chi connectivity index (χ0n) is 16.3. The minimum atomic E-state index is 0.166. The van der Waals surface area contributed by atoms with E-state index in [0.29, 0.717) is 12.5 Å². The highest BCUT2D eigenvalue weighted by Crippen LogP contribution is 2.20. The zero-order valence-corrected chi connectivity index (χ0v) is 16.3. The van der Waals surface area contributed by atoms with Gasteiger partial charge in [-0.2, -0.15) is 0 Å². The summed E-state index contributed by atoms with van der Waals surface area (Å²) in [5.74, 6) is 3.29. The van der Waals surface area contributed by atoms with Crippen molar-refractivity contribution in [1.82, 2.24) is 19.8 Å². The first kappa shape index (κ1) is 19.7. The van der Waals surface area contributed by atoms with Crippen molar-refractivity contribution in [2.45, 2.75) is 20.8 Å². The summed E-state index contributed by atoms with van der Waals surface area (Å²) < 4.78 is 0. The second kappa shape index (κ2) is 8.68. The van der Waals surface area contributed by atoms with Gasteiger partial charge in [0.15, 0.2) is 0 Å². The molecule has 26 heavy (non-hydrogen) atoms. The van der Waals surface area contributed by atoms with E-state index in [1.807, 2.05) is 19.3 Å². The SMILES string of the molecule is C#CCN(C)CC1=CCN(C(=C)c2ccnc(NCC(C)(C)C)n2)C=C1. The summed E-state index contributed by atoms with van der Waals surface area (Å²) in [5, 5.41) is 3.29. The van der Waals surface area contributed by atoms with E-state index in [1.54, 1.807) is 6.20 Å². The first-order chi connectivity index (χ1) is 12.3. The van der Waals surface area contributed by atoms with Crippen LogP contribution in [0.2, 0.25) is 0 Å². The van der Waals surface area contributed by atoms with E-state index in [4.69, 9.17) is 6.42 Å². The lowest BCUT2D eigenvalue weighted by Gasteiger charge is -2.26. The van der Waals surface area contributed by atoms with E-state index in [9.17, 15) is 0 Å². The van der Waals surface area contributed by atoms with Crippen molar-refractivity contribution in [3.63, 3.8) is 0 Å². The Kier molecular flexibility index (Phi) is 6.59. The largest absolute Gasteiger partial charge is 0.354 e. The van der Waals surface area contributed by atoms with Gasteiger partial charge < -0.3 is 10.2 Å². The molecule has 0 saturated heterocycles. The number of aromatic nitrogens is 2. The summed E-state index contributed by atoms with van der Waals surface area (Å²) in [6.07, 6.45) is 13.5. The monoisotopic (exact) mass is 351 g/mol. The van der Waals surface area contributed by atoms with Gasteiger partial charge in [0.25, 0.3) is 0 Å². The Morgan fingerprint density at radius 2 is 2.23 bits per heavy atom. The van der Waals surface area contributed by atoms with Gasteiger partial charge in [-0.15, -0.1) is 6.42 Å². The predicted octanol–water partition coefficient (Wildman–Crippen LogP) is 3.23. The molecule has 5 nitrogen and oxygen atoms in total. The molecule has 0 radical (unpaired) electrons. The molecule has 0 atom stereocenters. The first-order valence-electron chi connectivity index (χ1n) is 8.80. The van der Waals surface area contributed by atoms with Gasteiger partial charge in [-0.05, 0) is 30.2 Å². The second-order valence-corrected chi connectivity index (χ2v) is 7.75. The predicted molar refractivity (Wildman–Crippen MR) is 109 cm³/mol. The van der Waals surface area contributed by atoms with Gasteiger partial charge in [0.2, 0.25) is 5.95 Å². The normalized spacial score (nSPS) is 14.2. The van der Waals surface area contributed by atoms with Crippen molar-refractivity contribution in [3.05, 3.63) is 48.5 Å². The van der Waals surface area contributed by atoms with Crippen molar-refractivity contribution < 1.29 is 0 Å². The number of rotatable bonds is 7. The standard InChI is InChI=1S/C21H29N5/c1-7-12-25(6)15-18-9-13-26(14-10-18)17(2)19-8-11-22-20(24-19)23-16-21(3,4)5/h1,8-11,13H,2,12,14-16H2,3-6H3,(H,22,23,24). The van der Waals surface area contributed by atoms with E-state index in [1.165, 1.54) is 5.57 Å². The molecule has 0 amide bonds. The highest BCUT2D eigenvalue weighted by molar-refractivity contribution is 5.61. The maximum atomic E-state index is 5.35. The first-order valence-corrected chi connectivity index (χ1v) is 8.80. The van der Waals surface area contributed by atoms with E-state index < -0.39 is 0 Å². The number of likely N-dealkylation sites (N-methyl/N-ethyl adjacent to an activating group) is 1. The van der Waals surface area contributed by atoms with Crippen molar-refractivity contribution >= 4 is 11.6 Å². The van der Waals surface area contributed by atoms with Crippen molar-refractivity contribution in [1.29, 1.82) is 0 Å². The van der Waals surface area contributed by atoms with E-state index >= 15 is 0 Å². The van der Waals surface area contributed by atoms with Gasteiger partial charge in [0, 0.05) is 32.0 Å². The summed E-state index contributed by atoms with van der Waals surface area (Å²) in [6, 6.07) is 1.89. The van der Waals surface area contributed by atoms with Crippen molar-refractivity contribution in [2.24, 2.45) is 5.41 Å². The molecule has 1 N–H and O–H groups in total. The molecule has 0 bridgehead atoms. The minimum absolute atomic E-state index is 0.166. The summed E-state index contributed by atoms with van der Waals surface area (Å²) in [5.41, 5.74) is 3.10. The van der Waals surface area contributed by atoms with Crippen LogP contribution in [0.4, 0.5) is 5.95 Å². The molecule has 0 saturated carbocycles. The number of hydrogen-bond acceptors (Lipinski definition) is 5. The van der Waals surface area contributed by atoms with Crippen LogP contribution in [0.1, 0.15) is 26.5 Å².